The van der Waals surface area contributed by atoms with Crippen LogP contribution in [0, 0.1) is 5.92 Å². The molecule has 1 heterocycles. The van der Waals surface area contributed by atoms with Gasteiger partial charge in [0.25, 0.3) is 0 Å². The van der Waals surface area contributed by atoms with Crippen molar-refractivity contribution in [1.82, 2.24) is 9.55 Å². The van der Waals surface area contributed by atoms with Crippen molar-refractivity contribution in [2.24, 2.45) is 11.7 Å². The Morgan fingerprint density at radius 3 is 3.00 bits per heavy atom. The molecule has 1 aliphatic carbocycles. The fraction of sp³-hybridized carbons (Fsp3) is 0.692. The molecule has 2 atom stereocenters. The van der Waals surface area contributed by atoms with Gasteiger partial charge in [-0.15, -0.1) is 0 Å². The molecule has 2 rings (SSSR count). The van der Waals surface area contributed by atoms with Gasteiger partial charge in [0.1, 0.15) is 0 Å². The minimum absolute atomic E-state index is 0.00649. The normalized spacial score (nSPS) is 25.5. The Kier molecular flexibility index (Phi) is 3.94. The van der Waals surface area contributed by atoms with Gasteiger partial charge in [-0.25, -0.2) is 4.98 Å². The van der Waals surface area contributed by atoms with Crippen molar-refractivity contribution in [3.05, 3.63) is 18.2 Å². The van der Waals surface area contributed by atoms with Gasteiger partial charge in [-0.2, -0.15) is 0 Å². The van der Waals surface area contributed by atoms with Crippen molar-refractivity contribution in [2.45, 2.75) is 51.6 Å². The molecule has 1 aliphatic rings. The van der Waals surface area contributed by atoms with Crippen molar-refractivity contribution in [3.63, 3.8) is 0 Å². The van der Waals surface area contributed by atoms with E-state index in [2.05, 4.69) is 4.98 Å². The number of carbonyl (C=O) groups is 1. The fourth-order valence-electron chi connectivity index (χ4n) is 2.62. The molecule has 94 valence electrons. The van der Waals surface area contributed by atoms with Gasteiger partial charge in [-0.1, -0.05) is 19.3 Å². The maximum Gasteiger partial charge on any atom is 0.202 e. The molecular formula is C13H21N3O. The molecule has 17 heavy (non-hydrogen) atoms. The Morgan fingerprint density at radius 2 is 2.24 bits per heavy atom. The van der Waals surface area contributed by atoms with Crippen LogP contribution < -0.4 is 5.73 Å². The third-order valence-electron chi connectivity index (χ3n) is 3.68. The van der Waals surface area contributed by atoms with E-state index in [0.717, 1.165) is 32.2 Å². The standard InChI is InChI=1S/C13H21N3O/c1-2-16-9-8-15-13(16)12(17)10-6-4-3-5-7-11(10)14/h8-11H,2-7,14H2,1H3. The van der Waals surface area contributed by atoms with Crippen LogP contribution >= 0.6 is 0 Å². The molecule has 0 radical (unpaired) electrons. The Labute approximate surface area is 102 Å². The number of rotatable bonds is 3. The van der Waals surface area contributed by atoms with Gasteiger partial charge in [-0.3, -0.25) is 4.79 Å². The van der Waals surface area contributed by atoms with Crippen LogP contribution in [0.2, 0.25) is 0 Å². The van der Waals surface area contributed by atoms with E-state index < -0.39 is 0 Å². The lowest BCUT2D eigenvalue weighted by Crippen LogP contribution is -2.35. The van der Waals surface area contributed by atoms with E-state index in [1.165, 1.54) is 6.42 Å². The largest absolute Gasteiger partial charge is 0.329 e. The molecule has 4 nitrogen and oxygen atoms in total. The van der Waals surface area contributed by atoms with Crippen LogP contribution in [0.15, 0.2) is 12.4 Å². The smallest absolute Gasteiger partial charge is 0.202 e. The minimum atomic E-state index is -0.0369. The molecule has 4 heteroatoms. The summed E-state index contributed by atoms with van der Waals surface area (Å²) in [6.45, 7) is 2.80. The number of ketones is 1. The van der Waals surface area contributed by atoms with Gasteiger partial charge in [0.05, 0.1) is 0 Å². The van der Waals surface area contributed by atoms with Gasteiger partial charge in [0.15, 0.2) is 5.82 Å². The van der Waals surface area contributed by atoms with Crippen molar-refractivity contribution in [1.29, 1.82) is 0 Å². The second-order valence-corrected chi connectivity index (χ2v) is 4.81. The lowest BCUT2D eigenvalue weighted by Gasteiger charge is -2.19. The highest BCUT2D eigenvalue weighted by molar-refractivity contribution is 5.95. The predicted octanol–water partition coefficient (Wildman–Crippen LogP) is 1.99. The van der Waals surface area contributed by atoms with Crippen LogP contribution in [0.4, 0.5) is 0 Å². The van der Waals surface area contributed by atoms with Crippen molar-refractivity contribution >= 4 is 5.78 Å². The lowest BCUT2D eigenvalue weighted by molar-refractivity contribution is 0.0879. The molecule has 2 N–H and O–H groups in total. The zero-order valence-electron chi connectivity index (χ0n) is 10.4. The molecule has 2 unspecified atom stereocenters. The number of aromatic nitrogens is 2. The zero-order valence-corrected chi connectivity index (χ0v) is 10.4. The summed E-state index contributed by atoms with van der Waals surface area (Å²) >= 11 is 0. The van der Waals surface area contributed by atoms with Gasteiger partial charge in [-0.05, 0) is 19.8 Å². The van der Waals surface area contributed by atoms with Crippen molar-refractivity contribution < 1.29 is 4.79 Å². The minimum Gasteiger partial charge on any atom is -0.329 e. The molecule has 0 aliphatic heterocycles. The number of hydrogen-bond acceptors (Lipinski definition) is 3. The molecule has 1 fully saturated rings. The van der Waals surface area contributed by atoms with E-state index in [1.807, 2.05) is 17.7 Å². The maximum absolute atomic E-state index is 12.4. The van der Waals surface area contributed by atoms with Gasteiger partial charge in [0, 0.05) is 30.9 Å². The quantitative estimate of drug-likeness (QED) is 0.644. The summed E-state index contributed by atoms with van der Waals surface area (Å²) < 4.78 is 1.90. The van der Waals surface area contributed by atoms with Gasteiger partial charge in [0.2, 0.25) is 5.78 Å². The maximum atomic E-state index is 12.4. The van der Waals surface area contributed by atoms with E-state index in [0.29, 0.717) is 5.82 Å². The zero-order chi connectivity index (χ0) is 12.3. The number of nitrogens with zero attached hydrogens (tertiary/aromatic N) is 2. The fourth-order valence-corrected chi connectivity index (χ4v) is 2.62. The Morgan fingerprint density at radius 1 is 1.47 bits per heavy atom. The SMILES string of the molecule is CCn1ccnc1C(=O)C1CCCCCC1N. The summed E-state index contributed by atoms with van der Waals surface area (Å²) in [5.41, 5.74) is 6.12. The number of Topliss-reactive ketones (excluding diaryl/α,β-unsaturated/α-hetero) is 1. The molecule has 1 aromatic heterocycles. The first-order valence-electron chi connectivity index (χ1n) is 6.55. The number of nitrogens with two attached hydrogens (primary N) is 1. The second-order valence-electron chi connectivity index (χ2n) is 4.81. The monoisotopic (exact) mass is 235 g/mol. The third kappa shape index (κ3) is 2.57. The van der Waals surface area contributed by atoms with Crippen LogP contribution in [0.3, 0.4) is 0 Å². The summed E-state index contributed by atoms with van der Waals surface area (Å²) in [5.74, 6) is 0.672. The van der Waals surface area contributed by atoms with Crippen molar-refractivity contribution in [2.75, 3.05) is 0 Å². The molecular weight excluding hydrogens is 214 g/mol. The molecule has 0 amide bonds. The van der Waals surface area contributed by atoms with Crippen LogP contribution in [0.5, 0.6) is 0 Å². The van der Waals surface area contributed by atoms with Crippen LogP contribution in [0.1, 0.15) is 49.6 Å². The average molecular weight is 235 g/mol. The topological polar surface area (TPSA) is 60.9 Å². The second kappa shape index (κ2) is 5.45. The Balaban J connectivity index is 2.18. The molecule has 0 aromatic carbocycles. The highest BCUT2D eigenvalue weighted by atomic mass is 16.1. The first-order chi connectivity index (χ1) is 8.24. The number of aryl methyl sites for hydroxylation is 1. The summed E-state index contributed by atoms with van der Waals surface area (Å²) in [5, 5.41) is 0. The molecule has 0 bridgehead atoms. The molecule has 0 saturated heterocycles. The number of carbonyl (C=O) groups excluding carboxylic acids is 1. The third-order valence-corrected chi connectivity index (χ3v) is 3.68. The summed E-state index contributed by atoms with van der Waals surface area (Å²) in [6, 6.07) is 0.00649. The van der Waals surface area contributed by atoms with E-state index >= 15 is 0 Å². The van der Waals surface area contributed by atoms with Gasteiger partial charge < -0.3 is 10.3 Å². The number of hydrogen-bond donors (Lipinski definition) is 1. The highest BCUT2D eigenvalue weighted by Crippen LogP contribution is 2.25. The summed E-state index contributed by atoms with van der Waals surface area (Å²) in [7, 11) is 0. The van der Waals surface area contributed by atoms with E-state index in [-0.39, 0.29) is 17.7 Å². The van der Waals surface area contributed by atoms with Crippen LogP contribution in [-0.4, -0.2) is 21.4 Å². The Hall–Kier alpha value is -1.16. The summed E-state index contributed by atoms with van der Waals surface area (Å²) in [6.07, 6.45) is 8.87. The Bertz CT molecular complexity index is 386. The summed E-state index contributed by atoms with van der Waals surface area (Å²) in [4.78, 5) is 16.6. The van der Waals surface area contributed by atoms with Crippen LogP contribution in [0.25, 0.3) is 0 Å². The van der Waals surface area contributed by atoms with Gasteiger partial charge >= 0.3 is 0 Å². The van der Waals surface area contributed by atoms with E-state index in [4.69, 9.17) is 5.73 Å². The van der Waals surface area contributed by atoms with Crippen molar-refractivity contribution in [3.8, 4) is 0 Å². The van der Waals surface area contributed by atoms with E-state index in [9.17, 15) is 4.79 Å². The molecule has 0 spiro atoms. The highest BCUT2D eigenvalue weighted by Gasteiger charge is 2.29. The molecule has 1 aromatic rings. The predicted molar refractivity (Wildman–Crippen MR) is 66.8 cm³/mol. The average Bonchev–Trinajstić information content (AvgIpc) is 2.71. The lowest BCUT2D eigenvalue weighted by atomic mass is 9.91. The van der Waals surface area contributed by atoms with E-state index in [1.54, 1.807) is 6.20 Å². The first kappa shape index (κ1) is 12.3. The number of imidazole rings is 1. The first-order valence-corrected chi connectivity index (χ1v) is 6.55. The molecule has 1 saturated carbocycles. The van der Waals surface area contributed by atoms with Crippen LogP contribution in [-0.2, 0) is 6.54 Å².